The Kier molecular flexibility index (Phi) is 4.33. The van der Waals surface area contributed by atoms with E-state index in [1.54, 1.807) is 23.1 Å². The maximum Gasteiger partial charge on any atom is 0.256 e. The molecule has 0 bridgehead atoms. The van der Waals surface area contributed by atoms with Crippen LogP contribution in [0.2, 0.25) is 10.0 Å². The van der Waals surface area contributed by atoms with E-state index in [9.17, 15) is 9.59 Å². The number of carbonyl (C=O) groups is 2. The number of benzene rings is 1. The summed E-state index contributed by atoms with van der Waals surface area (Å²) in [5, 5.41) is 0.830. The van der Waals surface area contributed by atoms with Crippen molar-refractivity contribution in [1.82, 2.24) is 9.80 Å². The van der Waals surface area contributed by atoms with Gasteiger partial charge in [-0.3, -0.25) is 9.59 Å². The lowest BCUT2D eigenvalue weighted by molar-refractivity contribution is -0.142. The van der Waals surface area contributed by atoms with E-state index in [2.05, 4.69) is 0 Å². The fraction of sp³-hybridized carbons (Fsp3) is 0.500. The number of carbonyl (C=O) groups excluding carboxylic acids is 2. The van der Waals surface area contributed by atoms with Gasteiger partial charge >= 0.3 is 0 Å². The van der Waals surface area contributed by atoms with Gasteiger partial charge in [0.05, 0.1) is 10.6 Å². The highest BCUT2D eigenvalue weighted by molar-refractivity contribution is 6.35. The standard InChI is InChI=1S/C16H18Cl2N2O2/c1-10-6-8-19(10)16(22)14-3-2-7-20(14)15(21)12-9-11(17)4-5-13(12)18/h4-5,9-10,14H,2-3,6-8H2,1H3. The van der Waals surface area contributed by atoms with Crippen LogP contribution in [-0.2, 0) is 4.79 Å². The molecule has 3 rings (SSSR count). The Morgan fingerprint density at radius 1 is 1.14 bits per heavy atom. The number of likely N-dealkylation sites (tertiary alicyclic amines) is 2. The van der Waals surface area contributed by atoms with Gasteiger partial charge in [0.1, 0.15) is 6.04 Å². The topological polar surface area (TPSA) is 40.6 Å². The van der Waals surface area contributed by atoms with E-state index in [-0.39, 0.29) is 23.9 Å². The Morgan fingerprint density at radius 3 is 2.55 bits per heavy atom. The van der Waals surface area contributed by atoms with Crippen molar-refractivity contribution in [1.29, 1.82) is 0 Å². The van der Waals surface area contributed by atoms with Crippen molar-refractivity contribution in [2.75, 3.05) is 13.1 Å². The summed E-state index contributed by atoms with van der Waals surface area (Å²) < 4.78 is 0. The fourth-order valence-electron chi connectivity index (χ4n) is 3.12. The van der Waals surface area contributed by atoms with Crippen molar-refractivity contribution in [3.63, 3.8) is 0 Å². The normalized spacial score (nSPS) is 24.3. The molecule has 0 aromatic heterocycles. The van der Waals surface area contributed by atoms with Gasteiger partial charge in [0, 0.05) is 24.2 Å². The number of amides is 2. The Balaban J connectivity index is 1.82. The maximum absolute atomic E-state index is 12.8. The summed E-state index contributed by atoms with van der Waals surface area (Å²) in [5.74, 6) is -0.153. The van der Waals surface area contributed by atoms with Crippen LogP contribution >= 0.6 is 23.2 Å². The molecule has 118 valence electrons. The quantitative estimate of drug-likeness (QED) is 0.829. The molecule has 0 aliphatic carbocycles. The van der Waals surface area contributed by atoms with E-state index in [0.29, 0.717) is 28.6 Å². The molecule has 0 radical (unpaired) electrons. The molecular weight excluding hydrogens is 323 g/mol. The van der Waals surface area contributed by atoms with Crippen LogP contribution in [0.5, 0.6) is 0 Å². The van der Waals surface area contributed by atoms with Crippen LogP contribution in [-0.4, -0.2) is 46.8 Å². The Hall–Kier alpha value is -1.26. The van der Waals surface area contributed by atoms with Gasteiger partial charge in [-0.25, -0.2) is 0 Å². The molecule has 2 amide bonds. The van der Waals surface area contributed by atoms with Gasteiger partial charge < -0.3 is 9.80 Å². The molecule has 0 N–H and O–H groups in total. The van der Waals surface area contributed by atoms with Gasteiger partial charge in [-0.1, -0.05) is 23.2 Å². The first kappa shape index (κ1) is 15.6. The van der Waals surface area contributed by atoms with Crippen molar-refractivity contribution in [2.24, 2.45) is 0 Å². The third kappa shape index (κ3) is 2.70. The smallest absolute Gasteiger partial charge is 0.256 e. The van der Waals surface area contributed by atoms with Crippen LogP contribution in [0.4, 0.5) is 0 Å². The molecule has 6 heteroatoms. The Morgan fingerprint density at radius 2 is 1.91 bits per heavy atom. The minimum Gasteiger partial charge on any atom is -0.338 e. The predicted molar refractivity (Wildman–Crippen MR) is 86.3 cm³/mol. The second-order valence-electron chi connectivity index (χ2n) is 5.95. The first-order chi connectivity index (χ1) is 10.5. The van der Waals surface area contributed by atoms with Crippen LogP contribution in [0.3, 0.4) is 0 Å². The molecular formula is C16H18Cl2N2O2. The molecule has 2 aliphatic heterocycles. The van der Waals surface area contributed by atoms with Crippen LogP contribution in [0, 0.1) is 0 Å². The van der Waals surface area contributed by atoms with Crippen molar-refractivity contribution >= 4 is 35.0 Å². The third-order valence-electron chi connectivity index (χ3n) is 4.56. The second kappa shape index (κ2) is 6.09. The van der Waals surface area contributed by atoms with E-state index >= 15 is 0 Å². The molecule has 1 aromatic rings. The van der Waals surface area contributed by atoms with Crippen LogP contribution < -0.4 is 0 Å². The van der Waals surface area contributed by atoms with Gasteiger partial charge in [-0.2, -0.15) is 0 Å². The van der Waals surface area contributed by atoms with Crippen LogP contribution in [0.15, 0.2) is 18.2 Å². The summed E-state index contributed by atoms with van der Waals surface area (Å²) in [6.07, 6.45) is 2.58. The van der Waals surface area contributed by atoms with E-state index in [0.717, 1.165) is 19.4 Å². The summed E-state index contributed by atoms with van der Waals surface area (Å²) in [4.78, 5) is 28.9. The molecule has 2 saturated heterocycles. The SMILES string of the molecule is CC1CCN1C(=O)C1CCCN1C(=O)c1cc(Cl)ccc1Cl. The first-order valence-corrected chi connectivity index (χ1v) is 8.31. The van der Waals surface area contributed by atoms with Gasteiger partial charge in [0.25, 0.3) is 5.91 Å². The molecule has 2 fully saturated rings. The summed E-state index contributed by atoms with van der Waals surface area (Å²) in [5.41, 5.74) is 0.366. The number of hydrogen-bond donors (Lipinski definition) is 0. The van der Waals surface area contributed by atoms with Crippen molar-refractivity contribution < 1.29 is 9.59 Å². The summed E-state index contributed by atoms with van der Waals surface area (Å²) >= 11 is 12.1. The molecule has 2 aliphatic rings. The summed E-state index contributed by atoms with van der Waals surface area (Å²) in [6.45, 7) is 3.41. The molecule has 0 spiro atoms. The number of hydrogen-bond acceptors (Lipinski definition) is 2. The Bertz CT molecular complexity index is 620. The molecule has 2 atom stereocenters. The summed E-state index contributed by atoms with van der Waals surface area (Å²) in [6, 6.07) is 4.74. The molecule has 2 unspecified atom stereocenters. The largest absolute Gasteiger partial charge is 0.338 e. The molecule has 1 aromatic carbocycles. The fourth-order valence-corrected chi connectivity index (χ4v) is 3.49. The zero-order valence-corrected chi connectivity index (χ0v) is 13.9. The number of nitrogens with zero attached hydrogens (tertiary/aromatic N) is 2. The molecule has 4 nitrogen and oxygen atoms in total. The lowest BCUT2D eigenvalue weighted by Gasteiger charge is -2.41. The first-order valence-electron chi connectivity index (χ1n) is 7.55. The van der Waals surface area contributed by atoms with Crippen molar-refractivity contribution in [2.45, 2.75) is 38.3 Å². The minimum atomic E-state index is -0.370. The zero-order chi connectivity index (χ0) is 15.9. The van der Waals surface area contributed by atoms with E-state index in [4.69, 9.17) is 23.2 Å². The lowest BCUT2D eigenvalue weighted by atomic mass is 10.0. The van der Waals surface area contributed by atoms with Crippen molar-refractivity contribution in [3.05, 3.63) is 33.8 Å². The van der Waals surface area contributed by atoms with Crippen LogP contribution in [0.1, 0.15) is 36.5 Å². The average Bonchev–Trinajstić information content (AvgIpc) is 2.96. The molecule has 2 heterocycles. The molecule has 22 heavy (non-hydrogen) atoms. The minimum absolute atomic E-state index is 0.0581. The summed E-state index contributed by atoms with van der Waals surface area (Å²) in [7, 11) is 0. The highest BCUT2D eigenvalue weighted by Crippen LogP contribution is 2.29. The van der Waals surface area contributed by atoms with E-state index in [1.165, 1.54) is 0 Å². The highest BCUT2D eigenvalue weighted by atomic mass is 35.5. The highest BCUT2D eigenvalue weighted by Gasteiger charge is 2.40. The van der Waals surface area contributed by atoms with Crippen LogP contribution in [0.25, 0.3) is 0 Å². The maximum atomic E-state index is 12.8. The van der Waals surface area contributed by atoms with E-state index < -0.39 is 0 Å². The number of halogens is 2. The zero-order valence-electron chi connectivity index (χ0n) is 12.4. The third-order valence-corrected chi connectivity index (χ3v) is 5.13. The number of rotatable bonds is 2. The second-order valence-corrected chi connectivity index (χ2v) is 6.79. The van der Waals surface area contributed by atoms with E-state index in [1.807, 2.05) is 11.8 Å². The van der Waals surface area contributed by atoms with Gasteiger partial charge in [-0.05, 0) is 44.4 Å². The lowest BCUT2D eigenvalue weighted by Crippen LogP contribution is -2.56. The molecule has 0 saturated carbocycles. The predicted octanol–water partition coefficient (Wildman–Crippen LogP) is 3.22. The van der Waals surface area contributed by atoms with Gasteiger partial charge in [0.2, 0.25) is 5.91 Å². The average molecular weight is 341 g/mol. The van der Waals surface area contributed by atoms with Gasteiger partial charge in [0.15, 0.2) is 0 Å². The van der Waals surface area contributed by atoms with Crippen molar-refractivity contribution in [3.8, 4) is 0 Å². The Labute approximate surface area is 140 Å². The monoisotopic (exact) mass is 340 g/mol. The van der Waals surface area contributed by atoms with Gasteiger partial charge in [-0.15, -0.1) is 0 Å².